The summed E-state index contributed by atoms with van der Waals surface area (Å²) in [7, 11) is 1.64. The number of hydrogen-bond donors (Lipinski definition) is 2. The molecule has 1 aliphatic rings. The van der Waals surface area contributed by atoms with E-state index in [1.807, 2.05) is 53.1 Å². The fourth-order valence-corrected chi connectivity index (χ4v) is 4.25. The molecule has 0 amide bonds. The van der Waals surface area contributed by atoms with Crippen molar-refractivity contribution in [2.24, 2.45) is 0 Å². The van der Waals surface area contributed by atoms with E-state index >= 15 is 0 Å². The Morgan fingerprint density at radius 3 is 2.54 bits per heavy atom. The normalized spacial score (nSPS) is 14.6. The summed E-state index contributed by atoms with van der Waals surface area (Å²) in [6, 6.07) is 16.2. The Hall–Kier alpha value is -2.79. The number of fused-ring (bicyclic) bond motifs is 1. The molecular formula is C23H26N2O3. The number of carbonyl (C=O) groups is 1. The van der Waals surface area contributed by atoms with E-state index in [1.165, 1.54) is 25.7 Å². The first-order valence-electron chi connectivity index (χ1n) is 9.87. The Kier molecular flexibility index (Phi) is 5.35. The van der Waals surface area contributed by atoms with Crippen LogP contribution in [-0.4, -0.2) is 28.8 Å². The van der Waals surface area contributed by atoms with Crippen molar-refractivity contribution in [2.45, 2.75) is 44.8 Å². The van der Waals surface area contributed by atoms with Crippen molar-refractivity contribution in [1.82, 2.24) is 9.88 Å². The predicted octanol–water partition coefficient (Wildman–Crippen LogP) is 4.43. The molecule has 0 atom stereocenters. The zero-order chi connectivity index (χ0) is 19.5. The van der Waals surface area contributed by atoms with Gasteiger partial charge in [0.2, 0.25) is 0 Å². The molecule has 4 rings (SSSR count). The van der Waals surface area contributed by atoms with Gasteiger partial charge in [-0.05, 0) is 36.6 Å². The largest absolute Gasteiger partial charge is 0.497 e. The molecule has 1 aliphatic carbocycles. The number of methoxy groups -OCH3 is 1. The number of hydrogen-bond acceptors (Lipinski definition) is 3. The molecule has 1 fully saturated rings. The first-order chi connectivity index (χ1) is 13.7. The molecule has 0 radical (unpaired) electrons. The smallest absolute Gasteiger partial charge is 0.352 e. The van der Waals surface area contributed by atoms with Gasteiger partial charge in [-0.15, -0.1) is 0 Å². The lowest BCUT2D eigenvalue weighted by atomic mass is 10.1. The average molecular weight is 378 g/mol. The second kappa shape index (κ2) is 8.07. The number of nitrogens with one attached hydrogen (secondary N) is 1. The molecule has 0 spiro atoms. The van der Waals surface area contributed by atoms with Crippen LogP contribution in [0.3, 0.4) is 0 Å². The van der Waals surface area contributed by atoms with Gasteiger partial charge in [0.05, 0.1) is 7.11 Å². The molecule has 5 heteroatoms. The van der Waals surface area contributed by atoms with E-state index in [2.05, 4.69) is 5.32 Å². The summed E-state index contributed by atoms with van der Waals surface area (Å²) < 4.78 is 7.15. The van der Waals surface area contributed by atoms with Gasteiger partial charge in [-0.3, -0.25) is 0 Å². The molecule has 0 aliphatic heterocycles. The molecule has 3 aromatic rings. The van der Waals surface area contributed by atoms with Crippen LogP contribution in [0, 0.1) is 0 Å². The van der Waals surface area contributed by atoms with Crippen LogP contribution in [0.1, 0.15) is 47.3 Å². The van der Waals surface area contributed by atoms with Crippen LogP contribution >= 0.6 is 0 Å². The van der Waals surface area contributed by atoms with Crippen molar-refractivity contribution in [3.05, 3.63) is 65.4 Å². The lowest BCUT2D eigenvalue weighted by Crippen LogP contribution is -2.26. The monoisotopic (exact) mass is 378 g/mol. The van der Waals surface area contributed by atoms with Crippen LogP contribution in [0.4, 0.5) is 0 Å². The van der Waals surface area contributed by atoms with E-state index < -0.39 is 5.97 Å². The third-order valence-electron chi connectivity index (χ3n) is 5.70. The SMILES string of the molecule is COc1ccc(Cn2c(C(=O)O)c(CNC3CCCC3)c3ccccc32)cc1. The second-order valence-corrected chi connectivity index (χ2v) is 7.45. The lowest BCUT2D eigenvalue weighted by Gasteiger charge is -2.13. The van der Waals surface area contributed by atoms with Gasteiger partial charge < -0.3 is 19.7 Å². The summed E-state index contributed by atoms with van der Waals surface area (Å²) in [6.45, 7) is 1.10. The van der Waals surface area contributed by atoms with Gasteiger partial charge in [-0.1, -0.05) is 43.2 Å². The van der Waals surface area contributed by atoms with E-state index in [0.717, 1.165) is 27.8 Å². The number of carboxylic acids is 1. The summed E-state index contributed by atoms with van der Waals surface area (Å²) in [5.41, 5.74) is 3.25. The van der Waals surface area contributed by atoms with Crippen molar-refractivity contribution >= 4 is 16.9 Å². The number of ether oxygens (including phenoxy) is 1. The topological polar surface area (TPSA) is 63.5 Å². The highest BCUT2D eigenvalue weighted by Gasteiger charge is 2.23. The van der Waals surface area contributed by atoms with Gasteiger partial charge in [0.25, 0.3) is 0 Å². The van der Waals surface area contributed by atoms with Crippen LogP contribution in [0.25, 0.3) is 10.9 Å². The number of aromatic carboxylic acids is 1. The van der Waals surface area contributed by atoms with Crippen molar-refractivity contribution in [2.75, 3.05) is 7.11 Å². The minimum atomic E-state index is -0.882. The highest BCUT2D eigenvalue weighted by Crippen LogP contribution is 2.29. The van der Waals surface area contributed by atoms with Crippen LogP contribution in [-0.2, 0) is 13.1 Å². The maximum Gasteiger partial charge on any atom is 0.352 e. The molecule has 1 aromatic heterocycles. The molecule has 2 aromatic carbocycles. The molecule has 28 heavy (non-hydrogen) atoms. The lowest BCUT2D eigenvalue weighted by molar-refractivity contribution is 0.0684. The molecule has 0 bridgehead atoms. The number of carboxylic acid groups (broad SMARTS) is 1. The van der Waals surface area contributed by atoms with Crippen molar-refractivity contribution < 1.29 is 14.6 Å². The Balaban J connectivity index is 1.73. The minimum Gasteiger partial charge on any atom is -0.497 e. The van der Waals surface area contributed by atoms with Gasteiger partial charge in [-0.25, -0.2) is 4.79 Å². The number of nitrogens with zero attached hydrogens (tertiary/aromatic N) is 1. The Bertz CT molecular complexity index is 969. The third-order valence-corrected chi connectivity index (χ3v) is 5.70. The van der Waals surface area contributed by atoms with Crippen LogP contribution in [0.15, 0.2) is 48.5 Å². The van der Waals surface area contributed by atoms with Gasteiger partial charge in [-0.2, -0.15) is 0 Å². The van der Waals surface area contributed by atoms with Crippen LogP contribution in [0.2, 0.25) is 0 Å². The molecule has 1 heterocycles. The van der Waals surface area contributed by atoms with E-state index in [0.29, 0.717) is 24.8 Å². The Labute approximate surface area is 164 Å². The number of para-hydroxylation sites is 1. The van der Waals surface area contributed by atoms with Gasteiger partial charge in [0.1, 0.15) is 11.4 Å². The number of benzene rings is 2. The summed E-state index contributed by atoms with van der Waals surface area (Å²) in [6.07, 6.45) is 4.85. The quantitative estimate of drug-likeness (QED) is 0.638. The van der Waals surface area contributed by atoms with Crippen molar-refractivity contribution in [3.63, 3.8) is 0 Å². The predicted molar refractivity (Wildman–Crippen MR) is 110 cm³/mol. The zero-order valence-corrected chi connectivity index (χ0v) is 16.1. The van der Waals surface area contributed by atoms with Crippen molar-refractivity contribution in [1.29, 1.82) is 0 Å². The first kappa shape index (κ1) is 18.6. The first-order valence-corrected chi connectivity index (χ1v) is 9.87. The second-order valence-electron chi connectivity index (χ2n) is 7.45. The average Bonchev–Trinajstić information content (AvgIpc) is 3.33. The van der Waals surface area contributed by atoms with Gasteiger partial charge in [0, 0.05) is 35.6 Å². The highest BCUT2D eigenvalue weighted by molar-refractivity contribution is 5.98. The maximum atomic E-state index is 12.2. The highest BCUT2D eigenvalue weighted by atomic mass is 16.5. The van der Waals surface area contributed by atoms with Crippen molar-refractivity contribution in [3.8, 4) is 5.75 Å². The molecule has 5 nitrogen and oxygen atoms in total. The maximum absolute atomic E-state index is 12.2. The molecule has 0 saturated heterocycles. The third kappa shape index (κ3) is 3.62. The van der Waals surface area contributed by atoms with Gasteiger partial charge >= 0.3 is 5.97 Å². The Morgan fingerprint density at radius 2 is 1.86 bits per heavy atom. The van der Waals surface area contributed by atoms with Crippen LogP contribution < -0.4 is 10.1 Å². The fourth-order valence-electron chi connectivity index (χ4n) is 4.25. The Morgan fingerprint density at radius 1 is 1.14 bits per heavy atom. The molecule has 1 saturated carbocycles. The number of aromatic nitrogens is 1. The molecular weight excluding hydrogens is 352 g/mol. The standard InChI is InChI=1S/C23H26N2O3/c1-28-18-12-10-16(11-13-18)15-25-21-9-5-4-8-19(21)20(22(25)23(26)27)14-24-17-6-2-3-7-17/h4-5,8-13,17,24H,2-3,6-7,14-15H2,1H3,(H,26,27). The minimum absolute atomic E-state index is 0.377. The molecule has 2 N–H and O–H groups in total. The fraction of sp³-hybridized carbons (Fsp3) is 0.348. The van der Waals surface area contributed by atoms with E-state index in [1.54, 1.807) is 7.11 Å². The van der Waals surface area contributed by atoms with E-state index in [4.69, 9.17) is 4.74 Å². The molecule has 146 valence electrons. The van der Waals surface area contributed by atoms with Crippen LogP contribution in [0.5, 0.6) is 5.75 Å². The number of rotatable bonds is 7. The summed E-state index contributed by atoms with van der Waals surface area (Å²) >= 11 is 0. The van der Waals surface area contributed by atoms with E-state index in [-0.39, 0.29) is 0 Å². The zero-order valence-electron chi connectivity index (χ0n) is 16.1. The summed E-state index contributed by atoms with van der Waals surface area (Å²) in [4.78, 5) is 12.2. The van der Waals surface area contributed by atoms with E-state index in [9.17, 15) is 9.90 Å². The summed E-state index contributed by atoms with van der Waals surface area (Å²) in [5.74, 6) is -0.0889. The van der Waals surface area contributed by atoms with Gasteiger partial charge in [0.15, 0.2) is 0 Å². The summed E-state index contributed by atoms with van der Waals surface area (Å²) in [5, 5.41) is 14.6. The molecule has 0 unspecified atom stereocenters.